The first-order chi connectivity index (χ1) is 9.92. The van der Waals surface area contributed by atoms with Gasteiger partial charge in [0.2, 0.25) is 0 Å². The summed E-state index contributed by atoms with van der Waals surface area (Å²) in [6, 6.07) is 8.04. The molecule has 7 heteroatoms. The molecule has 0 aliphatic rings. The zero-order valence-corrected chi connectivity index (χ0v) is 14.0. The summed E-state index contributed by atoms with van der Waals surface area (Å²) in [7, 11) is -2.94. The van der Waals surface area contributed by atoms with E-state index in [1.807, 2.05) is 42.7 Å². The van der Waals surface area contributed by atoms with Crippen LogP contribution in [0.25, 0.3) is 11.4 Å². The molecule has 2 aromatic rings. The highest BCUT2D eigenvalue weighted by Gasteiger charge is 2.15. The first-order valence-corrected chi connectivity index (χ1v) is 9.76. The first kappa shape index (κ1) is 16.0. The number of rotatable bonds is 6. The van der Waals surface area contributed by atoms with E-state index in [-0.39, 0.29) is 5.75 Å². The number of hydrogen-bond donors (Lipinski definition) is 0. The molecule has 0 aliphatic carbocycles. The van der Waals surface area contributed by atoms with Gasteiger partial charge in [-0.3, -0.25) is 0 Å². The summed E-state index contributed by atoms with van der Waals surface area (Å²) in [4.78, 5) is 0. The van der Waals surface area contributed by atoms with Crippen LogP contribution >= 0.6 is 11.8 Å². The molecule has 0 N–H and O–H groups in total. The van der Waals surface area contributed by atoms with E-state index >= 15 is 0 Å². The van der Waals surface area contributed by atoms with Crippen LogP contribution in [0.3, 0.4) is 0 Å². The summed E-state index contributed by atoms with van der Waals surface area (Å²) < 4.78 is 24.4. The minimum atomic E-state index is -2.94. The van der Waals surface area contributed by atoms with Gasteiger partial charge >= 0.3 is 0 Å². The maximum Gasteiger partial charge on any atom is 0.191 e. The molecule has 0 fully saturated rings. The Balaban J connectivity index is 2.25. The largest absolute Gasteiger partial charge is 0.302 e. The summed E-state index contributed by atoms with van der Waals surface area (Å²) in [5.41, 5.74) is 2.20. The molecule has 1 heterocycles. The highest BCUT2D eigenvalue weighted by atomic mass is 32.2. The van der Waals surface area contributed by atoms with Gasteiger partial charge in [-0.25, -0.2) is 8.42 Å². The van der Waals surface area contributed by atoms with E-state index in [2.05, 4.69) is 10.2 Å². The molecule has 0 amide bonds. The third-order valence-corrected chi connectivity index (χ3v) is 5.28. The Kier molecular flexibility index (Phi) is 5.05. The summed E-state index contributed by atoms with van der Waals surface area (Å²) in [5, 5.41) is 9.24. The second-order valence-corrected chi connectivity index (χ2v) is 8.17. The predicted molar refractivity (Wildman–Crippen MR) is 86.3 cm³/mol. The third kappa shape index (κ3) is 4.07. The van der Waals surface area contributed by atoms with Gasteiger partial charge in [-0.1, -0.05) is 36.0 Å². The topological polar surface area (TPSA) is 64.8 Å². The molecule has 114 valence electrons. The van der Waals surface area contributed by atoms with Crippen LogP contribution in [-0.2, 0) is 16.4 Å². The van der Waals surface area contributed by atoms with E-state index in [0.29, 0.717) is 5.75 Å². The number of thioether (sulfide) groups is 1. The van der Waals surface area contributed by atoms with E-state index in [1.165, 1.54) is 18.0 Å². The molecule has 0 saturated heterocycles. The Morgan fingerprint density at radius 2 is 1.95 bits per heavy atom. The van der Waals surface area contributed by atoms with E-state index in [1.54, 1.807) is 0 Å². The molecule has 0 radical (unpaired) electrons. The van der Waals surface area contributed by atoms with Crippen LogP contribution in [0, 0.1) is 6.92 Å². The third-order valence-electron chi connectivity index (χ3n) is 3.10. The zero-order valence-electron chi connectivity index (χ0n) is 12.4. The van der Waals surface area contributed by atoms with Crippen LogP contribution in [-0.4, -0.2) is 40.9 Å². The molecule has 0 unspecified atom stereocenters. The van der Waals surface area contributed by atoms with Gasteiger partial charge in [0.1, 0.15) is 9.84 Å². The van der Waals surface area contributed by atoms with E-state index < -0.39 is 9.84 Å². The Morgan fingerprint density at radius 3 is 2.57 bits per heavy atom. The highest BCUT2D eigenvalue weighted by molar-refractivity contribution is 8.00. The first-order valence-electron chi connectivity index (χ1n) is 6.72. The van der Waals surface area contributed by atoms with Crippen molar-refractivity contribution in [3.63, 3.8) is 0 Å². The summed E-state index contributed by atoms with van der Waals surface area (Å²) in [6.45, 7) is 4.82. The van der Waals surface area contributed by atoms with Crippen LogP contribution in [0.15, 0.2) is 29.4 Å². The van der Waals surface area contributed by atoms with Crippen LogP contribution in [0.4, 0.5) is 0 Å². The SMILES string of the molecule is CCn1c(SCCS(C)(=O)=O)nnc1-c1ccccc1C. The number of aryl methyl sites for hydroxylation is 1. The Hall–Kier alpha value is -1.34. The molecule has 0 saturated carbocycles. The average Bonchev–Trinajstić information content (AvgIpc) is 2.80. The minimum Gasteiger partial charge on any atom is -0.302 e. The van der Waals surface area contributed by atoms with Gasteiger partial charge in [0.15, 0.2) is 11.0 Å². The molecule has 1 aromatic heterocycles. The number of nitrogens with zero attached hydrogens (tertiary/aromatic N) is 3. The van der Waals surface area contributed by atoms with E-state index in [4.69, 9.17) is 0 Å². The highest BCUT2D eigenvalue weighted by Crippen LogP contribution is 2.26. The van der Waals surface area contributed by atoms with Crippen molar-refractivity contribution in [2.24, 2.45) is 0 Å². The Labute approximate surface area is 129 Å². The smallest absolute Gasteiger partial charge is 0.191 e. The molecule has 0 spiro atoms. The number of benzene rings is 1. The van der Waals surface area contributed by atoms with E-state index in [0.717, 1.165) is 28.7 Å². The average molecular weight is 325 g/mol. The summed E-state index contributed by atoms with van der Waals surface area (Å²) in [6.07, 6.45) is 1.25. The normalized spacial score (nSPS) is 11.8. The lowest BCUT2D eigenvalue weighted by Gasteiger charge is -2.08. The molecule has 21 heavy (non-hydrogen) atoms. The van der Waals surface area contributed by atoms with Crippen molar-refractivity contribution in [1.29, 1.82) is 0 Å². The summed E-state index contributed by atoms with van der Waals surface area (Å²) >= 11 is 1.43. The van der Waals surface area contributed by atoms with Gasteiger partial charge in [-0.15, -0.1) is 10.2 Å². The van der Waals surface area contributed by atoms with Gasteiger partial charge in [0.25, 0.3) is 0 Å². The number of aromatic nitrogens is 3. The van der Waals surface area contributed by atoms with Crippen molar-refractivity contribution in [2.75, 3.05) is 17.8 Å². The molecular weight excluding hydrogens is 306 g/mol. The van der Waals surface area contributed by atoms with Crippen molar-refractivity contribution in [2.45, 2.75) is 25.5 Å². The van der Waals surface area contributed by atoms with Gasteiger partial charge in [-0.05, 0) is 19.4 Å². The Bertz CT molecular complexity index is 724. The molecule has 0 bridgehead atoms. The minimum absolute atomic E-state index is 0.147. The van der Waals surface area contributed by atoms with Crippen molar-refractivity contribution >= 4 is 21.6 Å². The fourth-order valence-electron chi connectivity index (χ4n) is 1.99. The van der Waals surface area contributed by atoms with Gasteiger partial charge in [-0.2, -0.15) is 0 Å². The van der Waals surface area contributed by atoms with Crippen LogP contribution in [0.5, 0.6) is 0 Å². The summed E-state index contributed by atoms with van der Waals surface area (Å²) in [5.74, 6) is 1.47. The predicted octanol–water partition coefficient (Wildman–Crippen LogP) is 2.41. The fraction of sp³-hybridized carbons (Fsp3) is 0.429. The van der Waals surface area contributed by atoms with Gasteiger partial charge in [0.05, 0.1) is 5.75 Å². The maximum absolute atomic E-state index is 11.2. The van der Waals surface area contributed by atoms with Crippen molar-refractivity contribution < 1.29 is 8.42 Å². The molecule has 1 aromatic carbocycles. The Morgan fingerprint density at radius 1 is 1.24 bits per heavy atom. The lowest BCUT2D eigenvalue weighted by Crippen LogP contribution is -2.06. The second kappa shape index (κ2) is 6.62. The van der Waals surface area contributed by atoms with Crippen molar-refractivity contribution in [3.05, 3.63) is 29.8 Å². The van der Waals surface area contributed by atoms with E-state index in [9.17, 15) is 8.42 Å². The maximum atomic E-state index is 11.2. The fourth-order valence-corrected chi connectivity index (χ4v) is 4.18. The molecule has 2 rings (SSSR count). The monoisotopic (exact) mass is 325 g/mol. The molecule has 0 aliphatic heterocycles. The van der Waals surface area contributed by atoms with Gasteiger partial charge in [0, 0.05) is 24.1 Å². The standard InChI is InChI=1S/C14H19N3O2S2/c1-4-17-13(12-8-6-5-7-11(12)2)15-16-14(17)20-9-10-21(3,18)19/h5-8H,4,9-10H2,1-3H3. The molecular formula is C14H19N3O2S2. The molecule has 5 nitrogen and oxygen atoms in total. The lowest BCUT2D eigenvalue weighted by atomic mass is 10.1. The second-order valence-electron chi connectivity index (χ2n) is 4.84. The van der Waals surface area contributed by atoms with Crippen molar-refractivity contribution in [3.8, 4) is 11.4 Å². The lowest BCUT2D eigenvalue weighted by molar-refractivity contribution is 0.603. The van der Waals surface area contributed by atoms with Crippen molar-refractivity contribution in [1.82, 2.24) is 14.8 Å². The number of hydrogen-bond acceptors (Lipinski definition) is 5. The van der Waals surface area contributed by atoms with Crippen LogP contribution in [0.1, 0.15) is 12.5 Å². The molecule has 0 atom stereocenters. The van der Waals surface area contributed by atoms with Crippen LogP contribution < -0.4 is 0 Å². The zero-order chi connectivity index (χ0) is 15.5. The van der Waals surface area contributed by atoms with Crippen LogP contribution in [0.2, 0.25) is 0 Å². The number of sulfone groups is 1. The van der Waals surface area contributed by atoms with Gasteiger partial charge < -0.3 is 4.57 Å². The quantitative estimate of drug-likeness (QED) is 0.763.